The van der Waals surface area contributed by atoms with Crippen LogP contribution in [0.4, 0.5) is 10.7 Å². The third kappa shape index (κ3) is 4.25. The van der Waals surface area contributed by atoms with Crippen molar-refractivity contribution in [2.75, 3.05) is 26.2 Å². The second-order valence-corrected chi connectivity index (χ2v) is 7.24. The lowest BCUT2D eigenvalue weighted by atomic mass is 10.2. The Labute approximate surface area is 160 Å². The number of nitrogens with zero attached hydrogens (tertiary/aromatic N) is 5. The standard InChI is InChI=1S/C15H17N7O5S/c1-9-16-13(19-15(17-9)26-3)18-14(23)21-28(24,25)11-7-5-4-6-10(11)12-20-22(2)8-27-12/h4-7H,8H2,1-3H3,(H2,16,17,18,19,21,23). The van der Waals surface area contributed by atoms with Crippen molar-refractivity contribution < 1.29 is 22.7 Å². The van der Waals surface area contributed by atoms with Crippen molar-refractivity contribution in [3.8, 4) is 6.01 Å². The zero-order valence-electron chi connectivity index (χ0n) is 15.2. The van der Waals surface area contributed by atoms with Crippen LogP contribution in [0, 0.1) is 6.92 Å². The zero-order valence-corrected chi connectivity index (χ0v) is 16.0. The Morgan fingerprint density at radius 2 is 2.00 bits per heavy atom. The van der Waals surface area contributed by atoms with Crippen LogP contribution in [0.1, 0.15) is 11.4 Å². The number of hydrogen-bond acceptors (Lipinski definition) is 10. The highest BCUT2D eigenvalue weighted by atomic mass is 32.2. The summed E-state index contributed by atoms with van der Waals surface area (Å²) in [5.74, 6) is 0.271. The molecule has 1 aromatic carbocycles. The lowest BCUT2D eigenvalue weighted by Gasteiger charge is -2.11. The molecule has 1 aliphatic heterocycles. The predicted molar refractivity (Wildman–Crippen MR) is 97.2 cm³/mol. The predicted octanol–water partition coefficient (Wildman–Crippen LogP) is 0.280. The molecular formula is C15H17N7O5S. The van der Waals surface area contributed by atoms with E-state index in [1.807, 2.05) is 4.72 Å². The number of aryl methyl sites for hydroxylation is 1. The molecular weight excluding hydrogens is 390 g/mol. The Morgan fingerprint density at radius 3 is 2.68 bits per heavy atom. The molecule has 1 aliphatic rings. The van der Waals surface area contributed by atoms with E-state index in [1.54, 1.807) is 20.0 Å². The number of anilines is 1. The fraction of sp³-hybridized carbons (Fsp3) is 0.267. The number of aromatic nitrogens is 3. The van der Waals surface area contributed by atoms with Gasteiger partial charge in [-0.1, -0.05) is 12.1 Å². The quantitative estimate of drug-likeness (QED) is 0.713. The van der Waals surface area contributed by atoms with E-state index in [9.17, 15) is 13.2 Å². The number of hydrogen-bond donors (Lipinski definition) is 2. The summed E-state index contributed by atoms with van der Waals surface area (Å²) in [6.45, 7) is 1.76. The molecule has 2 amide bonds. The summed E-state index contributed by atoms with van der Waals surface area (Å²) in [6, 6.07) is 4.97. The van der Waals surface area contributed by atoms with Gasteiger partial charge in [-0.15, -0.1) is 5.10 Å². The van der Waals surface area contributed by atoms with Crippen molar-refractivity contribution in [2.45, 2.75) is 11.8 Å². The minimum absolute atomic E-state index is 0.0171. The second kappa shape index (κ2) is 7.64. The molecule has 0 aliphatic carbocycles. The fourth-order valence-corrected chi connectivity index (χ4v) is 3.39. The Kier molecular flexibility index (Phi) is 5.26. The van der Waals surface area contributed by atoms with Gasteiger partial charge >= 0.3 is 12.0 Å². The molecule has 1 aromatic heterocycles. The van der Waals surface area contributed by atoms with Crippen LogP contribution in [-0.2, 0) is 14.8 Å². The maximum Gasteiger partial charge on any atom is 0.335 e. The third-order valence-corrected chi connectivity index (χ3v) is 4.81. The Hall–Kier alpha value is -3.48. The molecule has 0 saturated carbocycles. The number of ether oxygens (including phenoxy) is 2. The van der Waals surface area contributed by atoms with Crippen molar-refractivity contribution in [1.29, 1.82) is 0 Å². The van der Waals surface area contributed by atoms with Crippen LogP contribution in [-0.4, -0.2) is 61.2 Å². The molecule has 0 spiro atoms. The van der Waals surface area contributed by atoms with Crippen LogP contribution in [0.25, 0.3) is 0 Å². The molecule has 0 radical (unpaired) electrons. The molecule has 0 saturated heterocycles. The van der Waals surface area contributed by atoms with Crippen LogP contribution in [0.3, 0.4) is 0 Å². The molecule has 12 nitrogen and oxygen atoms in total. The van der Waals surface area contributed by atoms with Gasteiger partial charge in [0.05, 0.1) is 12.7 Å². The number of nitrogens with one attached hydrogen (secondary N) is 2. The van der Waals surface area contributed by atoms with Gasteiger partial charge in [0, 0.05) is 7.05 Å². The number of carbonyl (C=O) groups is 1. The van der Waals surface area contributed by atoms with E-state index in [2.05, 4.69) is 25.4 Å². The van der Waals surface area contributed by atoms with E-state index in [0.29, 0.717) is 0 Å². The number of hydrazone groups is 1. The molecule has 0 bridgehead atoms. The van der Waals surface area contributed by atoms with Crippen molar-refractivity contribution in [1.82, 2.24) is 24.7 Å². The summed E-state index contributed by atoms with van der Waals surface area (Å²) in [7, 11) is -1.20. The molecule has 2 heterocycles. The molecule has 2 N–H and O–H groups in total. The number of rotatable bonds is 5. The lowest BCUT2D eigenvalue weighted by molar-refractivity contribution is 0.198. The van der Waals surface area contributed by atoms with E-state index in [-0.39, 0.29) is 40.9 Å². The summed E-state index contributed by atoms with van der Waals surface area (Å²) in [5.41, 5.74) is 0.227. The van der Waals surface area contributed by atoms with E-state index in [4.69, 9.17) is 9.47 Å². The number of amides is 2. The minimum Gasteiger partial charge on any atom is -0.467 e. The van der Waals surface area contributed by atoms with E-state index in [0.717, 1.165) is 0 Å². The van der Waals surface area contributed by atoms with Crippen LogP contribution in [0.15, 0.2) is 34.3 Å². The van der Waals surface area contributed by atoms with E-state index in [1.165, 1.54) is 30.3 Å². The Morgan fingerprint density at radius 1 is 1.25 bits per heavy atom. The molecule has 28 heavy (non-hydrogen) atoms. The van der Waals surface area contributed by atoms with Gasteiger partial charge in [-0.25, -0.2) is 17.9 Å². The average Bonchev–Trinajstić information content (AvgIpc) is 3.07. The van der Waals surface area contributed by atoms with Gasteiger partial charge < -0.3 is 9.47 Å². The van der Waals surface area contributed by atoms with E-state index < -0.39 is 16.1 Å². The van der Waals surface area contributed by atoms with Gasteiger partial charge in [-0.2, -0.15) is 15.0 Å². The van der Waals surface area contributed by atoms with Crippen molar-refractivity contribution >= 4 is 27.9 Å². The summed E-state index contributed by atoms with van der Waals surface area (Å²) >= 11 is 0. The number of urea groups is 1. The molecule has 0 unspecified atom stereocenters. The normalized spacial score (nSPS) is 13.5. The molecule has 0 atom stereocenters. The first-order chi connectivity index (χ1) is 13.3. The van der Waals surface area contributed by atoms with Crippen LogP contribution in [0.5, 0.6) is 6.01 Å². The van der Waals surface area contributed by atoms with Crippen LogP contribution >= 0.6 is 0 Å². The largest absolute Gasteiger partial charge is 0.467 e. The lowest BCUT2D eigenvalue weighted by Crippen LogP contribution is -2.35. The number of carbonyl (C=O) groups excluding carboxylic acids is 1. The van der Waals surface area contributed by atoms with Crippen molar-refractivity contribution in [3.63, 3.8) is 0 Å². The molecule has 148 valence electrons. The topological polar surface area (TPSA) is 148 Å². The highest BCUT2D eigenvalue weighted by Gasteiger charge is 2.26. The van der Waals surface area contributed by atoms with Gasteiger partial charge in [0.15, 0.2) is 6.73 Å². The van der Waals surface area contributed by atoms with Gasteiger partial charge in [0.1, 0.15) is 10.7 Å². The zero-order chi connectivity index (χ0) is 20.3. The molecule has 3 rings (SSSR count). The maximum atomic E-state index is 12.7. The maximum absolute atomic E-state index is 12.7. The van der Waals surface area contributed by atoms with Gasteiger partial charge in [0.25, 0.3) is 10.0 Å². The van der Waals surface area contributed by atoms with Gasteiger partial charge in [0.2, 0.25) is 11.8 Å². The SMILES string of the molecule is COc1nc(C)nc(NC(=O)NS(=O)(=O)c2ccccc2C2=NN(C)CO2)n1. The molecule has 2 aromatic rings. The monoisotopic (exact) mass is 407 g/mol. The summed E-state index contributed by atoms with van der Waals surface area (Å²) in [4.78, 5) is 23.6. The first-order valence-corrected chi connectivity index (χ1v) is 9.39. The van der Waals surface area contributed by atoms with Gasteiger partial charge in [-0.05, 0) is 19.1 Å². The Balaban J connectivity index is 1.82. The summed E-state index contributed by atoms with van der Waals surface area (Å²) < 4.78 is 37.6. The van der Waals surface area contributed by atoms with Crippen molar-refractivity contribution in [3.05, 3.63) is 35.7 Å². The first-order valence-electron chi connectivity index (χ1n) is 7.91. The average molecular weight is 407 g/mol. The third-order valence-electron chi connectivity index (χ3n) is 3.42. The molecule has 0 fully saturated rings. The van der Waals surface area contributed by atoms with Crippen LogP contribution < -0.4 is 14.8 Å². The molecule has 13 heteroatoms. The van der Waals surface area contributed by atoms with Crippen molar-refractivity contribution in [2.24, 2.45) is 5.10 Å². The second-order valence-electron chi connectivity index (χ2n) is 5.58. The highest BCUT2D eigenvalue weighted by Crippen LogP contribution is 2.19. The number of sulfonamides is 1. The van der Waals surface area contributed by atoms with Crippen LogP contribution in [0.2, 0.25) is 0 Å². The smallest absolute Gasteiger partial charge is 0.335 e. The number of benzene rings is 1. The fourth-order valence-electron chi connectivity index (χ4n) is 2.29. The summed E-state index contributed by atoms with van der Waals surface area (Å²) in [6.07, 6.45) is 0. The summed E-state index contributed by atoms with van der Waals surface area (Å²) in [5, 5.41) is 7.85. The van der Waals surface area contributed by atoms with Gasteiger partial charge in [-0.3, -0.25) is 10.3 Å². The Bertz CT molecular complexity index is 1040. The highest BCUT2D eigenvalue weighted by molar-refractivity contribution is 7.90. The minimum atomic E-state index is -4.23. The number of methoxy groups -OCH3 is 1. The first kappa shape index (κ1) is 19.3. The van der Waals surface area contributed by atoms with E-state index >= 15 is 0 Å².